The molecule has 1 aromatic carbocycles. The van der Waals surface area contributed by atoms with Crippen molar-refractivity contribution in [3.05, 3.63) is 48.3 Å². The number of hydrogen-bond acceptors (Lipinski definition) is 5. The van der Waals surface area contributed by atoms with E-state index in [4.69, 9.17) is 4.74 Å². The van der Waals surface area contributed by atoms with Crippen LogP contribution in [0.2, 0.25) is 0 Å². The normalized spacial score (nSPS) is 10.8. The van der Waals surface area contributed by atoms with E-state index in [1.54, 1.807) is 18.5 Å². The first kappa shape index (κ1) is 18.7. The summed E-state index contributed by atoms with van der Waals surface area (Å²) in [6.45, 7) is 5.58. The standard InChI is InChI=1S/C19H26N4O2/c1-14(2)25-18-8-6-5-7-17(18)22-19(24)15-11-16(13-20-12-15)21-9-10-23(3)4/h5-8,11-14,21H,9-10H2,1-4H3,(H,22,24). The molecule has 2 N–H and O–H groups in total. The fourth-order valence-corrected chi connectivity index (χ4v) is 2.21. The molecule has 0 saturated carbocycles. The quantitative estimate of drug-likeness (QED) is 0.772. The summed E-state index contributed by atoms with van der Waals surface area (Å²) in [6, 6.07) is 9.20. The Kier molecular flexibility index (Phi) is 6.77. The highest BCUT2D eigenvalue weighted by atomic mass is 16.5. The van der Waals surface area contributed by atoms with Gasteiger partial charge in [-0.3, -0.25) is 9.78 Å². The minimum Gasteiger partial charge on any atom is -0.489 e. The monoisotopic (exact) mass is 342 g/mol. The van der Waals surface area contributed by atoms with Crippen molar-refractivity contribution in [2.45, 2.75) is 20.0 Å². The molecule has 134 valence electrons. The van der Waals surface area contributed by atoms with E-state index in [0.29, 0.717) is 17.0 Å². The third-order valence-electron chi connectivity index (χ3n) is 3.39. The van der Waals surface area contributed by atoms with Gasteiger partial charge in [0.15, 0.2) is 0 Å². The number of likely N-dealkylation sites (N-methyl/N-ethyl adjacent to an activating group) is 1. The van der Waals surface area contributed by atoms with Gasteiger partial charge in [-0.1, -0.05) is 12.1 Å². The van der Waals surface area contributed by atoms with Crippen molar-refractivity contribution < 1.29 is 9.53 Å². The molecule has 2 aromatic rings. The summed E-state index contributed by atoms with van der Waals surface area (Å²) >= 11 is 0. The molecule has 1 heterocycles. The average Bonchev–Trinajstić information content (AvgIpc) is 2.56. The number of aromatic nitrogens is 1. The first-order valence-corrected chi connectivity index (χ1v) is 8.36. The molecule has 1 amide bonds. The van der Waals surface area contributed by atoms with E-state index in [9.17, 15) is 4.79 Å². The molecule has 6 nitrogen and oxygen atoms in total. The smallest absolute Gasteiger partial charge is 0.257 e. The van der Waals surface area contributed by atoms with Gasteiger partial charge in [0.1, 0.15) is 5.75 Å². The Labute approximate surface area is 149 Å². The number of carbonyl (C=O) groups is 1. The number of carbonyl (C=O) groups excluding carboxylic acids is 1. The molecule has 0 saturated heterocycles. The largest absolute Gasteiger partial charge is 0.489 e. The molecule has 0 aliphatic heterocycles. The molecule has 0 spiro atoms. The summed E-state index contributed by atoms with van der Waals surface area (Å²) in [6.07, 6.45) is 3.30. The number of benzene rings is 1. The third kappa shape index (κ3) is 6.08. The van der Waals surface area contributed by atoms with Crippen LogP contribution in [0.1, 0.15) is 24.2 Å². The van der Waals surface area contributed by atoms with E-state index in [-0.39, 0.29) is 12.0 Å². The Bertz CT molecular complexity index is 701. The molecule has 6 heteroatoms. The van der Waals surface area contributed by atoms with Crippen molar-refractivity contribution in [2.75, 3.05) is 37.8 Å². The van der Waals surface area contributed by atoms with Gasteiger partial charge in [0.2, 0.25) is 0 Å². The predicted molar refractivity (Wildman–Crippen MR) is 101 cm³/mol. The second kappa shape index (κ2) is 9.03. The highest BCUT2D eigenvalue weighted by Crippen LogP contribution is 2.25. The van der Waals surface area contributed by atoms with E-state index in [2.05, 4.69) is 20.5 Å². The van der Waals surface area contributed by atoms with Crippen LogP contribution in [-0.2, 0) is 0 Å². The molecule has 0 radical (unpaired) electrons. The van der Waals surface area contributed by atoms with Crippen molar-refractivity contribution in [3.63, 3.8) is 0 Å². The molecule has 0 aliphatic rings. The first-order chi connectivity index (χ1) is 12.0. The van der Waals surface area contributed by atoms with Crippen LogP contribution in [-0.4, -0.2) is 49.1 Å². The van der Waals surface area contributed by atoms with Crippen LogP contribution in [0.3, 0.4) is 0 Å². The topological polar surface area (TPSA) is 66.5 Å². The van der Waals surface area contributed by atoms with Gasteiger partial charge in [-0.2, -0.15) is 0 Å². The van der Waals surface area contributed by atoms with Crippen LogP contribution in [0.15, 0.2) is 42.7 Å². The fraction of sp³-hybridized carbons (Fsp3) is 0.368. The van der Waals surface area contributed by atoms with Crippen LogP contribution >= 0.6 is 0 Å². The lowest BCUT2D eigenvalue weighted by atomic mass is 10.2. The predicted octanol–water partition coefficient (Wildman–Crippen LogP) is 3.09. The molecule has 0 fully saturated rings. The Morgan fingerprint density at radius 2 is 2.00 bits per heavy atom. The van der Waals surface area contributed by atoms with Crippen LogP contribution in [0, 0.1) is 0 Å². The number of pyridine rings is 1. The number of nitrogens with one attached hydrogen (secondary N) is 2. The summed E-state index contributed by atoms with van der Waals surface area (Å²) in [5, 5.41) is 6.16. The van der Waals surface area contributed by atoms with Gasteiger partial charge < -0.3 is 20.3 Å². The van der Waals surface area contributed by atoms with Gasteiger partial charge in [0.05, 0.1) is 23.0 Å². The molecule has 2 rings (SSSR count). The van der Waals surface area contributed by atoms with E-state index in [1.807, 2.05) is 52.2 Å². The van der Waals surface area contributed by atoms with E-state index >= 15 is 0 Å². The number of ether oxygens (including phenoxy) is 1. The summed E-state index contributed by atoms with van der Waals surface area (Å²) in [5.74, 6) is 0.433. The highest BCUT2D eigenvalue weighted by molar-refractivity contribution is 6.05. The molecule has 0 aliphatic carbocycles. The van der Waals surface area contributed by atoms with Crippen molar-refractivity contribution in [3.8, 4) is 5.75 Å². The Morgan fingerprint density at radius 3 is 2.72 bits per heavy atom. The van der Waals surface area contributed by atoms with E-state index < -0.39 is 0 Å². The maximum atomic E-state index is 12.5. The Balaban J connectivity index is 2.06. The molecular weight excluding hydrogens is 316 g/mol. The minimum atomic E-state index is -0.219. The Morgan fingerprint density at radius 1 is 1.24 bits per heavy atom. The summed E-state index contributed by atoms with van der Waals surface area (Å²) in [7, 11) is 4.03. The zero-order chi connectivity index (χ0) is 18.2. The molecule has 0 atom stereocenters. The molecule has 1 aromatic heterocycles. The maximum Gasteiger partial charge on any atom is 0.257 e. The Hall–Kier alpha value is -2.60. The van der Waals surface area contributed by atoms with Crippen LogP contribution in [0.25, 0.3) is 0 Å². The minimum absolute atomic E-state index is 0.0314. The average molecular weight is 342 g/mol. The second-order valence-electron chi connectivity index (χ2n) is 6.31. The van der Waals surface area contributed by atoms with E-state index in [1.165, 1.54) is 0 Å². The van der Waals surface area contributed by atoms with Crippen LogP contribution in [0.5, 0.6) is 5.75 Å². The van der Waals surface area contributed by atoms with Crippen molar-refractivity contribution in [2.24, 2.45) is 0 Å². The first-order valence-electron chi connectivity index (χ1n) is 8.36. The van der Waals surface area contributed by atoms with Gasteiger partial charge >= 0.3 is 0 Å². The van der Waals surface area contributed by atoms with Crippen molar-refractivity contribution in [1.82, 2.24) is 9.88 Å². The maximum absolute atomic E-state index is 12.5. The summed E-state index contributed by atoms with van der Waals surface area (Å²) in [5.41, 5.74) is 1.96. The number of para-hydroxylation sites is 2. The fourth-order valence-electron chi connectivity index (χ4n) is 2.21. The lowest BCUT2D eigenvalue weighted by Gasteiger charge is -2.15. The number of anilines is 2. The summed E-state index contributed by atoms with van der Waals surface area (Å²) in [4.78, 5) is 18.8. The van der Waals surface area contributed by atoms with Crippen molar-refractivity contribution >= 4 is 17.3 Å². The van der Waals surface area contributed by atoms with Gasteiger partial charge in [-0.15, -0.1) is 0 Å². The third-order valence-corrected chi connectivity index (χ3v) is 3.39. The lowest BCUT2D eigenvalue weighted by Crippen LogP contribution is -2.21. The number of amides is 1. The van der Waals surface area contributed by atoms with Crippen LogP contribution < -0.4 is 15.4 Å². The SMILES string of the molecule is CC(C)Oc1ccccc1NC(=O)c1cncc(NCCN(C)C)c1. The molecule has 0 bridgehead atoms. The molecular formula is C19H26N4O2. The molecule has 0 unspecified atom stereocenters. The highest BCUT2D eigenvalue weighted by Gasteiger charge is 2.11. The zero-order valence-electron chi connectivity index (χ0n) is 15.2. The van der Waals surface area contributed by atoms with Crippen LogP contribution in [0.4, 0.5) is 11.4 Å². The van der Waals surface area contributed by atoms with E-state index in [0.717, 1.165) is 18.8 Å². The number of nitrogens with zero attached hydrogens (tertiary/aromatic N) is 2. The lowest BCUT2D eigenvalue weighted by molar-refractivity contribution is 0.102. The molecule has 25 heavy (non-hydrogen) atoms. The zero-order valence-corrected chi connectivity index (χ0v) is 15.2. The summed E-state index contributed by atoms with van der Waals surface area (Å²) < 4.78 is 5.73. The van der Waals surface area contributed by atoms with Gasteiger partial charge in [0.25, 0.3) is 5.91 Å². The van der Waals surface area contributed by atoms with Gasteiger partial charge in [0, 0.05) is 25.5 Å². The number of hydrogen-bond donors (Lipinski definition) is 2. The van der Waals surface area contributed by atoms with Gasteiger partial charge in [-0.25, -0.2) is 0 Å². The number of rotatable bonds is 8. The van der Waals surface area contributed by atoms with Crippen molar-refractivity contribution in [1.29, 1.82) is 0 Å². The second-order valence-corrected chi connectivity index (χ2v) is 6.31. The van der Waals surface area contributed by atoms with Gasteiger partial charge in [-0.05, 0) is 46.1 Å².